The van der Waals surface area contributed by atoms with Crippen LogP contribution >= 0.6 is 0 Å². The van der Waals surface area contributed by atoms with E-state index in [1.807, 2.05) is 26.8 Å². The summed E-state index contributed by atoms with van der Waals surface area (Å²) in [5, 5.41) is 135. The molecule has 1 saturated heterocycles. The van der Waals surface area contributed by atoms with Crippen molar-refractivity contribution in [1.29, 1.82) is 0 Å². The van der Waals surface area contributed by atoms with Crippen molar-refractivity contribution in [2.45, 2.75) is 250 Å². The average molecular weight is 1130 g/mol. The molecule has 21 unspecified atom stereocenters. The normalized spacial score (nSPS) is 38.1. The molecule has 0 aromatic rings. The lowest BCUT2D eigenvalue weighted by Crippen LogP contribution is -2.59. The van der Waals surface area contributed by atoms with Crippen LogP contribution in [0.3, 0.4) is 0 Å². The van der Waals surface area contributed by atoms with E-state index in [2.05, 4.69) is 16.4 Å². The summed E-state index contributed by atoms with van der Waals surface area (Å²) in [7, 11) is 1.62. The van der Waals surface area contributed by atoms with Gasteiger partial charge in [0.05, 0.1) is 67.0 Å². The molecule has 15 N–H and O–H groups in total. The Bertz CT molecular complexity index is 1940. The third kappa shape index (κ3) is 25.2. The molecule has 21 nitrogen and oxygen atoms in total. The molecule has 0 aromatic carbocycles. The van der Waals surface area contributed by atoms with Crippen molar-refractivity contribution in [1.82, 2.24) is 5.32 Å². The van der Waals surface area contributed by atoms with Crippen LogP contribution in [0.25, 0.3) is 0 Å². The van der Waals surface area contributed by atoms with Gasteiger partial charge in [0, 0.05) is 50.6 Å². The number of guanidine groups is 1. The summed E-state index contributed by atoms with van der Waals surface area (Å²) in [6.45, 7) is 16.4. The van der Waals surface area contributed by atoms with E-state index < -0.39 is 145 Å². The smallest absolute Gasteiger partial charge is 0.317 e. The maximum absolute atomic E-state index is 14.3. The van der Waals surface area contributed by atoms with Gasteiger partial charge in [-0.1, -0.05) is 71.8 Å². The minimum Gasteiger partial charge on any atom is -0.481 e. The van der Waals surface area contributed by atoms with Crippen molar-refractivity contribution >= 4 is 23.9 Å². The molecule has 0 amide bonds. The molecule has 21 atom stereocenters. The predicted molar refractivity (Wildman–Crippen MR) is 298 cm³/mol. The van der Waals surface area contributed by atoms with Crippen molar-refractivity contribution in [3.8, 4) is 0 Å². The van der Waals surface area contributed by atoms with E-state index in [0.29, 0.717) is 37.3 Å². The Labute approximate surface area is 469 Å². The van der Waals surface area contributed by atoms with Crippen LogP contribution in [0.1, 0.15) is 165 Å². The zero-order chi connectivity index (χ0) is 59.9. The Hall–Kier alpha value is -3.58. The monoisotopic (exact) mass is 1130 g/mol. The van der Waals surface area contributed by atoms with Gasteiger partial charge in [0.25, 0.3) is 0 Å². The van der Waals surface area contributed by atoms with E-state index in [9.17, 15) is 75.7 Å². The number of hydrogen-bond acceptors (Lipinski definition) is 18. The van der Waals surface area contributed by atoms with Gasteiger partial charge < -0.3 is 86.5 Å². The van der Waals surface area contributed by atoms with Crippen molar-refractivity contribution in [2.24, 2.45) is 52.2 Å². The number of aliphatic carboxylic acids is 1. The number of aliphatic imine (C=N–C) groups is 1. The van der Waals surface area contributed by atoms with Crippen LogP contribution in [0.4, 0.5) is 0 Å². The summed E-state index contributed by atoms with van der Waals surface area (Å²) in [5.74, 6) is -9.80. The molecule has 458 valence electrons. The molecular weight excluding hydrogens is 1030 g/mol. The molecule has 79 heavy (non-hydrogen) atoms. The number of rotatable bonds is 12. The third-order valence-electron chi connectivity index (χ3n) is 16.3. The van der Waals surface area contributed by atoms with Gasteiger partial charge in [-0.05, 0) is 121 Å². The standard InChI is InChI=1S/C58H103N3O18/c1-32(16-13-11-12-14-23-61-57(59)60-10)24-37(6)54-36(5)18-15-17-35(4)53(73)39(8)46(66)27-42(63)25-41(62)26-43-28-48(68)55(74)58(76,79-43)31-49(69)34(3)19-21-44(64)38(7)47(67)29-45(65)33(2)20-22-50(40(9)56(75)78-54)77-52(72)30-51(70)71/h16-17,20,22,33-34,36-50,53-55,62-69,73-74,76H,11-15,18-19,21,23-31H2,1-10H3,(H,70,71)(H3,59,60,61)/b22-20?,32-16+,35-17?. The fourth-order valence-electron chi connectivity index (χ4n) is 10.5. The Morgan fingerprint density at radius 2 is 1.46 bits per heavy atom. The summed E-state index contributed by atoms with van der Waals surface area (Å²) in [4.78, 5) is 42.5. The number of allylic oxidation sites excluding steroid dienone is 3. The van der Waals surface area contributed by atoms with Crippen LogP contribution in [-0.4, -0.2) is 184 Å². The Kier molecular flexibility index (Phi) is 32.1. The van der Waals surface area contributed by atoms with Gasteiger partial charge in [-0.2, -0.15) is 0 Å². The SMILES string of the molecule is CN=C(N)NCCCCC/C=C(\C)CC(C)C1OC(=O)C(C)C(OC(=O)CC(=O)O)C=CC(C)C(O)CC(O)C(C)C(O)CCC(C)C(O)CC2(O)OC(CC(O)CC(O)CC(O)C(C)C(O)C(C)=CCCC1C)CC(O)C2O. The largest absolute Gasteiger partial charge is 0.481 e. The van der Waals surface area contributed by atoms with E-state index in [4.69, 9.17) is 19.9 Å². The lowest BCUT2D eigenvalue weighted by Gasteiger charge is -2.45. The number of ether oxygens (including phenoxy) is 3. The Morgan fingerprint density at radius 1 is 0.810 bits per heavy atom. The highest BCUT2D eigenvalue weighted by Crippen LogP contribution is 2.36. The second-order valence-electron chi connectivity index (χ2n) is 23.4. The highest BCUT2D eigenvalue weighted by atomic mass is 16.7. The molecule has 0 aliphatic carbocycles. The van der Waals surface area contributed by atoms with Crippen molar-refractivity contribution in [2.75, 3.05) is 13.6 Å². The van der Waals surface area contributed by atoms with Gasteiger partial charge >= 0.3 is 17.9 Å². The van der Waals surface area contributed by atoms with Gasteiger partial charge in [0.2, 0.25) is 0 Å². The van der Waals surface area contributed by atoms with E-state index in [0.717, 1.165) is 31.3 Å². The fraction of sp³-hybridized carbons (Fsp3) is 0.828. The number of nitrogens with two attached hydrogens (primary N) is 1. The van der Waals surface area contributed by atoms with Crippen LogP contribution in [0.5, 0.6) is 0 Å². The topological polar surface area (TPSA) is 372 Å². The fourth-order valence-corrected chi connectivity index (χ4v) is 10.5. The minimum absolute atomic E-state index is 0.0732. The van der Waals surface area contributed by atoms with Gasteiger partial charge in [-0.15, -0.1) is 0 Å². The summed E-state index contributed by atoms with van der Waals surface area (Å²) in [6, 6.07) is 0. The zero-order valence-corrected chi connectivity index (χ0v) is 48.7. The third-order valence-corrected chi connectivity index (χ3v) is 16.3. The molecule has 2 aliphatic rings. The molecular formula is C58H103N3O18. The van der Waals surface area contributed by atoms with Crippen LogP contribution in [-0.2, 0) is 28.6 Å². The molecule has 21 heteroatoms. The Balaban J connectivity index is 2.52. The maximum atomic E-state index is 14.3. The zero-order valence-electron chi connectivity index (χ0n) is 48.7. The van der Waals surface area contributed by atoms with Gasteiger partial charge in [0.1, 0.15) is 24.7 Å². The molecule has 2 aliphatic heterocycles. The highest BCUT2D eigenvalue weighted by molar-refractivity contribution is 5.90. The summed E-state index contributed by atoms with van der Waals surface area (Å²) < 4.78 is 17.7. The van der Waals surface area contributed by atoms with Crippen LogP contribution in [0, 0.1) is 41.4 Å². The number of aliphatic hydroxyl groups excluding tert-OH is 10. The quantitative estimate of drug-likeness (QED) is 0.0333. The van der Waals surface area contributed by atoms with Crippen LogP contribution in [0.15, 0.2) is 40.4 Å². The highest BCUT2D eigenvalue weighted by Gasteiger charge is 2.50. The first-order valence-electron chi connectivity index (χ1n) is 28.7. The first-order chi connectivity index (χ1) is 36.9. The summed E-state index contributed by atoms with van der Waals surface area (Å²) >= 11 is 0. The van der Waals surface area contributed by atoms with Crippen molar-refractivity contribution in [3.05, 3.63) is 35.5 Å². The molecule has 0 aromatic heterocycles. The Morgan fingerprint density at radius 3 is 2.10 bits per heavy atom. The van der Waals surface area contributed by atoms with Gasteiger partial charge in [-0.25, -0.2) is 0 Å². The number of hydrogen-bond donors (Lipinski definition) is 14. The van der Waals surface area contributed by atoms with Crippen LogP contribution in [0.2, 0.25) is 0 Å². The number of nitrogens with one attached hydrogen (secondary N) is 1. The molecule has 2 bridgehead atoms. The minimum atomic E-state index is -2.43. The molecule has 1 fully saturated rings. The number of carbonyl (C=O) groups is 3. The van der Waals surface area contributed by atoms with Gasteiger partial charge in [0.15, 0.2) is 11.7 Å². The summed E-state index contributed by atoms with van der Waals surface area (Å²) in [6.07, 6.45) is -6.20. The number of cyclic esters (lactones) is 1. The number of unbranched alkanes of at least 4 members (excludes halogenated alkanes) is 3. The van der Waals surface area contributed by atoms with E-state index >= 15 is 0 Å². The summed E-state index contributed by atoms with van der Waals surface area (Å²) in [5.41, 5.74) is 7.37. The predicted octanol–water partition coefficient (Wildman–Crippen LogP) is 3.28. The first kappa shape index (κ1) is 71.5. The van der Waals surface area contributed by atoms with E-state index in [1.165, 1.54) is 19.1 Å². The number of fused-ring (bicyclic) bond motifs is 2. The number of nitrogens with zero attached hydrogens (tertiary/aromatic N) is 1. The lowest BCUT2D eigenvalue weighted by molar-refractivity contribution is -0.333. The second kappa shape index (κ2) is 35.4. The van der Waals surface area contributed by atoms with Gasteiger partial charge in [-0.3, -0.25) is 19.4 Å². The number of aliphatic hydroxyl groups is 11. The number of carboxylic acid groups (broad SMARTS) is 1. The molecule has 0 saturated carbocycles. The molecule has 2 heterocycles. The first-order valence-corrected chi connectivity index (χ1v) is 28.7. The van der Waals surface area contributed by atoms with E-state index in [1.54, 1.807) is 41.7 Å². The average Bonchev–Trinajstić information content (AvgIpc) is 3.39. The number of carboxylic acids is 1. The lowest BCUT2D eigenvalue weighted by atomic mass is 9.83. The van der Waals surface area contributed by atoms with Crippen molar-refractivity contribution < 1.29 is 89.9 Å². The second-order valence-corrected chi connectivity index (χ2v) is 23.4. The molecule has 0 radical (unpaired) electrons. The maximum Gasteiger partial charge on any atom is 0.317 e. The van der Waals surface area contributed by atoms with Crippen molar-refractivity contribution in [3.63, 3.8) is 0 Å². The number of carbonyl (C=O) groups excluding carboxylic acids is 2. The molecule has 2 rings (SSSR count). The van der Waals surface area contributed by atoms with E-state index in [-0.39, 0.29) is 56.8 Å². The van der Waals surface area contributed by atoms with Crippen LogP contribution < -0.4 is 11.1 Å². The number of esters is 2. The molecule has 0 spiro atoms.